The molecule has 0 saturated heterocycles. The second-order valence-corrected chi connectivity index (χ2v) is 8.31. The molecule has 3 aromatic rings. The van der Waals surface area contributed by atoms with E-state index in [0.29, 0.717) is 23.4 Å². The van der Waals surface area contributed by atoms with Crippen LogP contribution in [0, 0.1) is 0 Å². The molecule has 0 unspecified atom stereocenters. The summed E-state index contributed by atoms with van der Waals surface area (Å²) in [6.07, 6.45) is 1.09. The molecule has 0 atom stereocenters. The van der Waals surface area contributed by atoms with Crippen molar-refractivity contribution in [2.75, 3.05) is 16.8 Å². The SMILES string of the molecule is O=C(CCC(=O)c1ccc(Br)cc1)Nc1ccc(C(=O)N2CCc3ccccc32)cc1. The van der Waals surface area contributed by atoms with Gasteiger partial charge in [-0.3, -0.25) is 14.4 Å². The van der Waals surface area contributed by atoms with Crippen molar-refractivity contribution in [2.45, 2.75) is 19.3 Å². The summed E-state index contributed by atoms with van der Waals surface area (Å²) in [5, 5.41) is 2.79. The van der Waals surface area contributed by atoms with E-state index in [9.17, 15) is 14.4 Å². The van der Waals surface area contributed by atoms with Crippen molar-refractivity contribution < 1.29 is 14.4 Å². The van der Waals surface area contributed by atoms with Gasteiger partial charge < -0.3 is 10.2 Å². The second kappa shape index (κ2) is 9.27. The first-order chi connectivity index (χ1) is 15.0. The lowest BCUT2D eigenvalue weighted by molar-refractivity contribution is -0.116. The van der Waals surface area contributed by atoms with E-state index >= 15 is 0 Å². The molecule has 156 valence electrons. The predicted octanol–water partition coefficient (Wildman–Crippen LogP) is 5.25. The highest BCUT2D eigenvalue weighted by Gasteiger charge is 2.25. The van der Waals surface area contributed by atoms with Gasteiger partial charge in [0, 0.05) is 46.4 Å². The van der Waals surface area contributed by atoms with Crippen molar-refractivity contribution in [1.29, 1.82) is 0 Å². The van der Waals surface area contributed by atoms with Crippen LogP contribution < -0.4 is 10.2 Å². The maximum Gasteiger partial charge on any atom is 0.258 e. The molecule has 0 bridgehead atoms. The Hall–Kier alpha value is -3.25. The minimum Gasteiger partial charge on any atom is -0.326 e. The monoisotopic (exact) mass is 476 g/mol. The van der Waals surface area contributed by atoms with E-state index in [4.69, 9.17) is 0 Å². The summed E-state index contributed by atoms with van der Waals surface area (Å²) in [5.74, 6) is -0.365. The number of Topliss-reactive ketones (excluding diaryl/α,β-unsaturated/α-hetero) is 1. The molecule has 31 heavy (non-hydrogen) atoms. The molecule has 5 nitrogen and oxygen atoms in total. The van der Waals surface area contributed by atoms with Gasteiger partial charge in [0.2, 0.25) is 5.91 Å². The van der Waals surface area contributed by atoms with Crippen LogP contribution in [-0.4, -0.2) is 24.1 Å². The zero-order valence-electron chi connectivity index (χ0n) is 16.8. The smallest absolute Gasteiger partial charge is 0.258 e. The number of carbonyl (C=O) groups excluding carboxylic acids is 3. The van der Waals surface area contributed by atoms with Crippen LogP contribution in [0.3, 0.4) is 0 Å². The van der Waals surface area contributed by atoms with Crippen LogP contribution in [-0.2, 0) is 11.2 Å². The van der Waals surface area contributed by atoms with Crippen molar-refractivity contribution in [2.24, 2.45) is 0 Å². The average Bonchev–Trinajstić information content (AvgIpc) is 3.22. The lowest BCUT2D eigenvalue weighted by Gasteiger charge is -2.17. The molecule has 0 aliphatic carbocycles. The largest absolute Gasteiger partial charge is 0.326 e. The minimum absolute atomic E-state index is 0.0529. The first-order valence-electron chi connectivity index (χ1n) is 10.1. The quantitative estimate of drug-likeness (QED) is 0.493. The number of para-hydroxylation sites is 1. The Morgan fingerprint density at radius 1 is 0.839 bits per heavy atom. The fourth-order valence-corrected chi connectivity index (χ4v) is 3.90. The topological polar surface area (TPSA) is 66.5 Å². The second-order valence-electron chi connectivity index (χ2n) is 7.39. The van der Waals surface area contributed by atoms with E-state index in [-0.39, 0.29) is 30.4 Å². The Morgan fingerprint density at radius 3 is 2.26 bits per heavy atom. The standard InChI is InChI=1S/C25H21BrN2O3/c26-20-9-5-18(6-10-20)23(29)13-14-24(30)27-21-11-7-19(8-12-21)25(31)28-16-15-17-3-1-2-4-22(17)28/h1-12H,13-16H2,(H,27,30). The maximum atomic E-state index is 12.9. The van der Waals surface area contributed by atoms with Crippen LogP contribution in [0.4, 0.5) is 11.4 Å². The number of anilines is 2. The van der Waals surface area contributed by atoms with Crippen molar-refractivity contribution in [1.82, 2.24) is 0 Å². The molecule has 0 saturated carbocycles. The van der Waals surface area contributed by atoms with Crippen molar-refractivity contribution >= 4 is 44.9 Å². The Bertz CT molecular complexity index is 1120. The van der Waals surface area contributed by atoms with Crippen molar-refractivity contribution in [3.63, 3.8) is 0 Å². The van der Waals surface area contributed by atoms with Gasteiger partial charge in [-0.2, -0.15) is 0 Å². The molecule has 1 aliphatic heterocycles. The fraction of sp³-hybridized carbons (Fsp3) is 0.160. The molecule has 0 aromatic heterocycles. The van der Waals surface area contributed by atoms with Gasteiger partial charge in [0.1, 0.15) is 0 Å². The number of hydrogen-bond donors (Lipinski definition) is 1. The number of fused-ring (bicyclic) bond motifs is 1. The molecule has 4 rings (SSSR count). The first-order valence-corrected chi connectivity index (χ1v) is 10.9. The zero-order chi connectivity index (χ0) is 21.8. The molecule has 0 spiro atoms. The molecule has 0 fully saturated rings. The molecule has 1 N–H and O–H groups in total. The third kappa shape index (κ3) is 4.91. The first kappa shape index (κ1) is 21.0. The predicted molar refractivity (Wildman–Crippen MR) is 125 cm³/mol. The molecule has 0 radical (unpaired) electrons. The summed E-state index contributed by atoms with van der Waals surface area (Å²) in [6, 6.07) is 21.9. The molecule has 3 aromatic carbocycles. The third-order valence-corrected chi connectivity index (χ3v) is 5.82. The molecular formula is C25H21BrN2O3. The number of carbonyl (C=O) groups is 3. The summed E-state index contributed by atoms with van der Waals surface area (Å²) in [7, 11) is 0. The Morgan fingerprint density at radius 2 is 1.52 bits per heavy atom. The molecular weight excluding hydrogens is 456 g/mol. The Balaban J connectivity index is 1.32. The summed E-state index contributed by atoms with van der Waals surface area (Å²) < 4.78 is 0.901. The Kier molecular flexibility index (Phi) is 6.28. The van der Waals surface area contributed by atoms with Gasteiger partial charge in [0.05, 0.1) is 0 Å². The van der Waals surface area contributed by atoms with E-state index in [1.165, 1.54) is 5.56 Å². The Labute approximate surface area is 189 Å². The van der Waals surface area contributed by atoms with E-state index in [0.717, 1.165) is 16.6 Å². The minimum atomic E-state index is -0.238. The van der Waals surface area contributed by atoms with Crippen LogP contribution in [0.5, 0.6) is 0 Å². The van der Waals surface area contributed by atoms with Crippen LogP contribution in [0.15, 0.2) is 77.3 Å². The summed E-state index contributed by atoms with van der Waals surface area (Å²) in [4.78, 5) is 39.1. The number of nitrogens with one attached hydrogen (secondary N) is 1. The van der Waals surface area contributed by atoms with Crippen LogP contribution in [0.25, 0.3) is 0 Å². The number of ketones is 1. The lowest BCUT2D eigenvalue weighted by atomic mass is 10.1. The van der Waals surface area contributed by atoms with Crippen LogP contribution >= 0.6 is 15.9 Å². The number of benzene rings is 3. The van der Waals surface area contributed by atoms with Gasteiger partial charge >= 0.3 is 0 Å². The van der Waals surface area contributed by atoms with E-state index in [2.05, 4.69) is 21.2 Å². The molecule has 1 aliphatic rings. The summed E-state index contributed by atoms with van der Waals surface area (Å²) in [6.45, 7) is 0.670. The van der Waals surface area contributed by atoms with Gasteiger partial charge in [-0.05, 0) is 54.4 Å². The summed E-state index contributed by atoms with van der Waals surface area (Å²) >= 11 is 3.33. The van der Waals surface area contributed by atoms with E-state index < -0.39 is 0 Å². The van der Waals surface area contributed by atoms with Gasteiger partial charge in [-0.1, -0.05) is 46.3 Å². The number of nitrogens with zero attached hydrogens (tertiary/aromatic N) is 1. The average molecular weight is 477 g/mol. The highest BCUT2D eigenvalue weighted by Crippen LogP contribution is 2.29. The molecule has 6 heteroatoms. The lowest BCUT2D eigenvalue weighted by Crippen LogP contribution is -2.28. The van der Waals surface area contributed by atoms with Crippen LogP contribution in [0.2, 0.25) is 0 Å². The number of amides is 2. The van der Waals surface area contributed by atoms with E-state index in [1.54, 1.807) is 53.4 Å². The van der Waals surface area contributed by atoms with Crippen LogP contribution in [0.1, 0.15) is 39.1 Å². The van der Waals surface area contributed by atoms with Crippen molar-refractivity contribution in [3.8, 4) is 0 Å². The summed E-state index contributed by atoms with van der Waals surface area (Å²) in [5.41, 5.74) is 3.89. The van der Waals surface area contributed by atoms with Gasteiger partial charge in [-0.15, -0.1) is 0 Å². The highest BCUT2D eigenvalue weighted by atomic mass is 79.9. The zero-order valence-corrected chi connectivity index (χ0v) is 18.4. The van der Waals surface area contributed by atoms with E-state index in [1.807, 2.05) is 24.3 Å². The maximum absolute atomic E-state index is 12.9. The highest BCUT2D eigenvalue weighted by molar-refractivity contribution is 9.10. The van der Waals surface area contributed by atoms with Gasteiger partial charge in [0.15, 0.2) is 5.78 Å². The number of hydrogen-bond acceptors (Lipinski definition) is 3. The normalized spacial score (nSPS) is 12.4. The van der Waals surface area contributed by atoms with Gasteiger partial charge in [0.25, 0.3) is 5.91 Å². The number of rotatable bonds is 6. The molecule has 1 heterocycles. The fourth-order valence-electron chi connectivity index (χ4n) is 3.63. The van der Waals surface area contributed by atoms with Crippen molar-refractivity contribution in [3.05, 3.63) is 94.0 Å². The van der Waals surface area contributed by atoms with Gasteiger partial charge in [-0.25, -0.2) is 0 Å². The number of halogens is 1. The third-order valence-electron chi connectivity index (χ3n) is 5.29. The molecule has 2 amide bonds.